The van der Waals surface area contributed by atoms with E-state index in [2.05, 4.69) is 33.2 Å². The fourth-order valence-electron chi connectivity index (χ4n) is 4.94. The van der Waals surface area contributed by atoms with E-state index in [1.165, 1.54) is 6.20 Å². The molecule has 2 aromatic heterocycles. The maximum Gasteiger partial charge on any atom is 0.328 e. The lowest BCUT2D eigenvalue weighted by Crippen LogP contribution is -2.40. The number of hydrogen-bond acceptors (Lipinski definition) is 9. The van der Waals surface area contributed by atoms with E-state index in [0.29, 0.717) is 55.8 Å². The minimum Gasteiger partial charge on any atom is -0.380 e. The average Bonchev–Trinajstić information content (AvgIpc) is 3.53. The quantitative estimate of drug-likeness (QED) is 0.567. The molecular weight excluding hydrogens is 492 g/mol. The van der Waals surface area contributed by atoms with Crippen molar-refractivity contribution in [2.24, 2.45) is 0 Å². The van der Waals surface area contributed by atoms with E-state index in [4.69, 9.17) is 9.47 Å². The number of rotatable bonds is 6. The van der Waals surface area contributed by atoms with E-state index >= 15 is 0 Å². The second-order valence-electron chi connectivity index (χ2n) is 9.55. The zero-order valence-corrected chi connectivity index (χ0v) is 21.8. The van der Waals surface area contributed by atoms with Crippen LogP contribution < -0.4 is 10.2 Å². The van der Waals surface area contributed by atoms with Gasteiger partial charge in [0.25, 0.3) is 0 Å². The number of carbonyl (C=O) groups is 2. The Morgan fingerprint density at radius 2 is 2.22 bits per heavy atom. The standard InChI is InChI=1S/C26H30N6O4S/c1-16-14-36-17(2)32(16)12-19-8-18-4-3-6-31(25(18)29-22(19)13-33)26(34)30-24-9-23(20(10-27)11-28-24)37-21-5-7-35-15-21/h8-9,11,13,16-17,21H,3-7,12,14-15H2,1-2H3,(H,28,30,34)/t16?,17?,21-/m1/s1. The summed E-state index contributed by atoms with van der Waals surface area (Å²) in [6.45, 7) is 7.15. The first-order chi connectivity index (χ1) is 18.0. The van der Waals surface area contributed by atoms with Crippen molar-refractivity contribution in [2.45, 2.75) is 62.1 Å². The molecule has 3 atom stereocenters. The van der Waals surface area contributed by atoms with Gasteiger partial charge < -0.3 is 9.47 Å². The fourth-order valence-corrected chi connectivity index (χ4v) is 6.09. The topological polar surface area (TPSA) is 121 Å². The van der Waals surface area contributed by atoms with E-state index in [1.807, 2.05) is 13.0 Å². The first-order valence-corrected chi connectivity index (χ1v) is 13.4. The number of carbonyl (C=O) groups excluding carboxylic acids is 2. The van der Waals surface area contributed by atoms with Crippen LogP contribution in [0.3, 0.4) is 0 Å². The van der Waals surface area contributed by atoms with Crippen LogP contribution in [0.5, 0.6) is 0 Å². The first-order valence-electron chi connectivity index (χ1n) is 12.5. The number of pyridine rings is 2. The van der Waals surface area contributed by atoms with Crippen molar-refractivity contribution in [1.82, 2.24) is 14.9 Å². The zero-order valence-electron chi connectivity index (χ0n) is 21.0. The Labute approximate surface area is 220 Å². The van der Waals surface area contributed by atoms with Crippen molar-refractivity contribution < 1.29 is 19.1 Å². The molecule has 0 spiro atoms. The monoisotopic (exact) mass is 522 g/mol. The number of aromatic nitrogens is 2. The zero-order chi connectivity index (χ0) is 25.9. The third-order valence-corrected chi connectivity index (χ3v) is 8.30. The molecule has 194 valence electrons. The van der Waals surface area contributed by atoms with Gasteiger partial charge in [0.1, 0.15) is 29.6 Å². The van der Waals surface area contributed by atoms with Crippen LogP contribution in [0, 0.1) is 11.3 Å². The summed E-state index contributed by atoms with van der Waals surface area (Å²) in [5.74, 6) is 0.862. The number of nitriles is 1. The van der Waals surface area contributed by atoms with Gasteiger partial charge in [0.05, 0.1) is 18.8 Å². The molecule has 5 heterocycles. The van der Waals surface area contributed by atoms with E-state index < -0.39 is 0 Å². The van der Waals surface area contributed by atoms with Crippen LogP contribution in [0.15, 0.2) is 23.2 Å². The molecule has 0 aliphatic carbocycles. The highest BCUT2D eigenvalue weighted by molar-refractivity contribution is 8.00. The molecule has 0 aromatic carbocycles. The molecule has 3 aliphatic rings. The number of nitrogens with one attached hydrogen (secondary N) is 1. The molecule has 0 bridgehead atoms. The summed E-state index contributed by atoms with van der Waals surface area (Å²) in [4.78, 5) is 38.7. The number of anilines is 2. The van der Waals surface area contributed by atoms with E-state index in [1.54, 1.807) is 22.7 Å². The molecule has 0 saturated carbocycles. The Kier molecular flexibility index (Phi) is 7.71. The predicted octanol–water partition coefficient (Wildman–Crippen LogP) is 3.59. The van der Waals surface area contributed by atoms with Gasteiger partial charge in [0.15, 0.2) is 6.29 Å². The third-order valence-electron chi connectivity index (χ3n) is 7.00. The van der Waals surface area contributed by atoms with Crippen LogP contribution in [-0.4, -0.2) is 71.1 Å². The van der Waals surface area contributed by atoms with Crippen molar-refractivity contribution in [3.05, 3.63) is 40.7 Å². The summed E-state index contributed by atoms with van der Waals surface area (Å²) < 4.78 is 11.2. The van der Waals surface area contributed by atoms with Gasteiger partial charge >= 0.3 is 6.03 Å². The lowest BCUT2D eigenvalue weighted by Gasteiger charge is -2.30. The Morgan fingerprint density at radius 3 is 2.92 bits per heavy atom. The van der Waals surface area contributed by atoms with Gasteiger partial charge in [-0.05, 0) is 56.4 Å². The maximum absolute atomic E-state index is 13.3. The number of amides is 2. The number of hydrogen-bond donors (Lipinski definition) is 1. The molecule has 1 N–H and O–H groups in total. The van der Waals surface area contributed by atoms with Crippen LogP contribution in [0.4, 0.5) is 16.4 Å². The number of ether oxygens (including phenoxy) is 2. The molecule has 2 fully saturated rings. The molecule has 2 aromatic rings. The van der Waals surface area contributed by atoms with Crippen LogP contribution in [0.2, 0.25) is 0 Å². The molecule has 2 amide bonds. The Balaban J connectivity index is 1.36. The molecule has 2 unspecified atom stereocenters. The highest BCUT2D eigenvalue weighted by atomic mass is 32.2. The Hall–Kier alpha value is -3.04. The van der Waals surface area contributed by atoms with Gasteiger partial charge in [-0.1, -0.05) is 0 Å². The molecule has 2 saturated heterocycles. The number of aryl methyl sites for hydroxylation is 1. The van der Waals surface area contributed by atoms with E-state index in [9.17, 15) is 14.9 Å². The van der Waals surface area contributed by atoms with E-state index in [-0.39, 0.29) is 23.6 Å². The summed E-state index contributed by atoms with van der Waals surface area (Å²) in [6, 6.07) is 5.79. The maximum atomic E-state index is 13.3. The van der Waals surface area contributed by atoms with Gasteiger partial charge in [0, 0.05) is 42.1 Å². The summed E-state index contributed by atoms with van der Waals surface area (Å²) in [5, 5.41) is 12.6. The van der Waals surface area contributed by atoms with Crippen molar-refractivity contribution in [1.29, 1.82) is 5.26 Å². The van der Waals surface area contributed by atoms with Gasteiger partial charge in [-0.2, -0.15) is 5.26 Å². The van der Waals surface area contributed by atoms with Crippen LogP contribution in [0.25, 0.3) is 0 Å². The largest absolute Gasteiger partial charge is 0.380 e. The van der Waals surface area contributed by atoms with Gasteiger partial charge in [-0.15, -0.1) is 11.8 Å². The van der Waals surface area contributed by atoms with Crippen molar-refractivity contribution in [3.63, 3.8) is 0 Å². The molecule has 0 radical (unpaired) electrons. The Bertz CT molecular complexity index is 1220. The summed E-state index contributed by atoms with van der Waals surface area (Å²) in [7, 11) is 0. The fraction of sp³-hybridized carbons (Fsp3) is 0.500. The van der Waals surface area contributed by atoms with Crippen LogP contribution in [0.1, 0.15) is 53.9 Å². The number of nitrogens with zero attached hydrogens (tertiary/aromatic N) is 5. The number of thioether (sulfide) groups is 1. The number of aldehydes is 1. The molecule has 10 nitrogen and oxygen atoms in total. The third kappa shape index (κ3) is 5.48. The van der Waals surface area contributed by atoms with Crippen molar-refractivity contribution in [3.8, 4) is 6.07 Å². The summed E-state index contributed by atoms with van der Waals surface area (Å²) in [6.07, 6.45) is 4.68. The molecule has 3 aliphatic heterocycles. The minimum atomic E-state index is -0.370. The summed E-state index contributed by atoms with van der Waals surface area (Å²) in [5.41, 5.74) is 2.58. The molecule has 5 rings (SSSR count). The number of urea groups is 1. The molecular formula is C26H30N6O4S. The van der Waals surface area contributed by atoms with Crippen molar-refractivity contribution >= 4 is 35.7 Å². The van der Waals surface area contributed by atoms with Gasteiger partial charge in [0.2, 0.25) is 0 Å². The first kappa shape index (κ1) is 25.6. The van der Waals surface area contributed by atoms with Crippen LogP contribution >= 0.6 is 11.8 Å². The minimum absolute atomic E-state index is 0.0306. The molecule has 11 heteroatoms. The van der Waals surface area contributed by atoms with Gasteiger partial charge in [-0.25, -0.2) is 14.8 Å². The second-order valence-corrected chi connectivity index (χ2v) is 10.9. The molecule has 37 heavy (non-hydrogen) atoms. The Morgan fingerprint density at radius 1 is 1.35 bits per heavy atom. The predicted molar refractivity (Wildman–Crippen MR) is 139 cm³/mol. The number of fused-ring (bicyclic) bond motifs is 1. The smallest absolute Gasteiger partial charge is 0.328 e. The van der Waals surface area contributed by atoms with E-state index in [0.717, 1.165) is 41.6 Å². The SMILES string of the molecule is CC1COC(C)N1Cc1cc2c(nc1C=O)N(C(=O)Nc1cc(S[C@@H]3CCOC3)c(C#N)cn1)CCC2. The lowest BCUT2D eigenvalue weighted by molar-refractivity contribution is 0.0425. The summed E-state index contributed by atoms with van der Waals surface area (Å²) >= 11 is 1.57. The van der Waals surface area contributed by atoms with Gasteiger partial charge in [-0.3, -0.25) is 19.9 Å². The normalized spacial score (nSPS) is 23.5. The highest BCUT2D eigenvalue weighted by Gasteiger charge is 2.31. The average molecular weight is 523 g/mol. The highest BCUT2D eigenvalue weighted by Crippen LogP contribution is 2.33. The van der Waals surface area contributed by atoms with Crippen molar-refractivity contribution in [2.75, 3.05) is 36.6 Å². The lowest BCUT2D eigenvalue weighted by atomic mass is 10.0. The van der Waals surface area contributed by atoms with Crippen LogP contribution in [-0.2, 0) is 22.4 Å². The second kappa shape index (κ2) is 11.1.